The second-order valence-corrected chi connectivity index (χ2v) is 6.71. The minimum absolute atomic E-state index is 0.225. The van der Waals surface area contributed by atoms with Gasteiger partial charge in [0.15, 0.2) is 11.5 Å². The van der Waals surface area contributed by atoms with Crippen molar-refractivity contribution in [1.29, 1.82) is 0 Å². The molecule has 4 rings (SSSR count). The Morgan fingerprint density at radius 2 is 2.14 bits per heavy atom. The molecule has 0 fully saturated rings. The first-order chi connectivity index (χ1) is 14.2. The van der Waals surface area contributed by atoms with Crippen LogP contribution in [0.5, 0.6) is 0 Å². The van der Waals surface area contributed by atoms with Crippen LogP contribution >= 0.6 is 0 Å². The summed E-state index contributed by atoms with van der Waals surface area (Å²) in [4.78, 5) is 19.1. The number of ether oxygens (including phenoxy) is 2. The maximum absolute atomic E-state index is 11.5. The van der Waals surface area contributed by atoms with Crippen molar-refractivity contribution in [2.75, 3.05) is 6.54 Å². The zero-order valence-corrected chi connectivity index (χ0v) is 15.7. The van der Waals surface area contributed by atoms with Gasteiger partial charge >= 0.3 is 5.97 Å². The summed E-state index contributed by atoms with van der Waals surface area (Å²) < 4.78 is 11.5. The number of aromatic amines is 1. The highest BCUT2D eigenvalue weighted by Crippen LogP contribution is 2.31. The highest BCUT2D eigenvalue weighted by atomic mass is 16.5. The lowest BCUT2D eigenvalue weighted by atomic mass is 10.0. The van der Waals surface area contributed by atoms with Crippen molar-refractivity contribution in [2.24, 2.45) is 5.73 Å². The summed E-state index contributed by atoms with van der Waals surface area (Å²) >= 11 is 0. The monoisotopic (exact) mass is 391 g/mol. The number of allylic oxidation sites excluding steroid dienone is 4. The van der Waals surface area contributed by atoms with Gasteiger partial charge in [-0.05, 0) is 43.2 Å². The van der Waals surface area contributed by atoms with E-state index in [0.29, 0.717) is 41.6 Å². The average molecular weight is 391 g/mol. The highest BCUT2D eigenvalue weighted by Gasteiger charge is 2.19. The van der Waals surface area contributed by atoms with Gasteiger partial charge in [-0.2, -0.15) is 0 Å². The Kier molecular flexibility index (Phi) is 5.31. The molecule has 0 bridgehead atoms. The first kappa shape index (κ1) is 18.8. The van der Waals surface area contributed by atoms with Crippen LogP contribution in [-0.2, 0) is 15.9 Å². The number of rotatable bonds is 6. The zero-order chi connectivity index (χ0) is 20.2. The van der Waals surface area contributed by atoms with Gasteiger partial charge in [0, 0.05) is 29.6 Å². The molecule has 3 heterocycles. The molecule has 1 aliphatic heterocycles. The number of carbonyl (C=O) groups is 1. The van der Waals surface area contributed by atoms with Crippen molar-refractivity contribution in [3.8, 4) is 11.3 Å². The lowest BCUT2D eigenvalue weighted by Crippen LogP contribution is -2.07. The second kappa shape index (κ2) is 8.20. The van der Waals surface area contributed by atoms with Crippen molar-refractivity contribution in [1.82, 2.24) is 9.97 Å². The van der Waals surface area contributed by atoms with Gasteiger partial charge in [0.1, 0.15) is 18.2 Å². The smallest absolute Gasteiger partial charge is 0.337 e. The SMILES string of the molecule is NCCc1[nH]c(-c2ccnc(C3=COC=C(C4=CC=CCC4)O3)c2)cc1C(=O)O. The number of H-pyrrole nitrogens is 1. The Bertz CT molecular complexity index is 1060. The standard InChI is InChI=1S/C22H21N3O4/c23-8-6-17-16(22(26)27)11-18(25-17)15-7-9-24-19(10-15)21-13-28-12-20(29-21)14-4-2-1-3-5-14/h1-2,4,7,9-13,25H,3,5-6,8,23H2,(H,26,27). The molecule has 2 aliphatic rings. The molecule has 2 aromatic rings. The molecule has 2 aromatic heterocycles. The van der Waals surface area contributed by atoms with Crippen LogP contribution in [0.1, 0.15) is 34.6 Å². The molecule has 7 nitrogen and oxygen atoms in total. The van der Waals surface area contributed by atoms with E-state index in [9.17, 15) is 9.90 Å². The molecular weight excluding hydrogens is 370 g/mol. The van der Waals surface area contributed by atoms with Gasteiger partial charge in [-0.1, -0.05) is 18.2 Å². The van der Waals surface area contributed by atoms with E-state index in [1.807, 2.05) is 24.3 Å². The van der Waals surface area contributed by atoms with E-state index in [2.05, 4.69) is 16.0 Å². The van der Waals surface area contributed by atoms with Crippen molar-refractivity contribution in [3.05, 3.63) is 83.4 Å². The minimum Gasteiger partial charge on any atom is -0.478 e. The van der Waals surface area contributed by atoms with Gasteiger partial charge in [0.25, 0.3) is 0 Å². The summed E-state index contributed by atoms with van der Waals surface area (Å²) in [6.07, 6.45) is 13.2. The fourth-order valence-corrected chi connectivity index (χ4v) is 3.30. The van der Waals surface area contributed by atoms with Crippen molar-refractivity contribution >= 4 is 11.7 Å². The molecule has 0 amide bonds. The zero-order valence-electron chi connectivity index (χ0n) is 15.7. The van der Waals surface area contributed by atoms with Gasteiger partial charge < -0.3 is 25.3 Å². The van der Waals surface area contributed by atoms with Crippen molar-refractivity contribution in [2.45, 2.75) is 19.3 Å². The molecule has 0 atom stereocenters. The number of aromatic carboxylic acids is 1. The van der Waals surface area contributed by atoms with Crippen LogP contribution in [0.4, 0.5) is 0 Å². The molecule has 148 valence electrons. The first-order valence-electron chi connectivity index (χ1n) is 9.37. The van der Waals surface area contributed by atoms with Crippen LogP contribution in [0, 0.1) is 0 Å². The van der Waals surface area contributed by atoms with Gasteiger partial charge in [0.2, 0.25) is 0 Å². The topological polar surface area (TPSA) is 110 Å². The van der Waals surface area contributed by atoms with Crippen LogP contribution < -0.4 is 5.73 Å². The van der Waals surface area contributed by atoms with Crippen LogP contribution in [0.25, 0.3) is 17.0 Å². The number of nitrogens with two attached hydrogens (primary N) is 1. The number of hydrogen-bond donors (Lipinski definition) is 3. The first-order valence-corrected chi connectivity index (χ1v) is 9.37. The maximum atomic E-state index is 11.5. The Morgan fingerprint density at radius 1 is 1.28 bits per heavy atom. The van der Waals surface area contributed by atoms with E-state index < -0.39 is 5.97 Å². The van der Waals surface area contributed by atoms with Crippen LogP contribution in [0.2, 0.25) is 0 Å². The van der Waals surface area contributed by atoms with Gasteiger partial charge in [0.05, 0.1) is 5.56 Å². The Hall–Kier alpha value is -3.58. The summed E-state index contributed by atoms with van der Waals surface area (Å²) in [5, 5.41) is 9.43. The maximum Gasteiger partial charge on any atom is 0.337 e. The lowest BCUT2D eigenvalue weighted by Gasteiger charge is -2.19. The van der Waals surface area contributed by atoms with Gasteiger partial charge in [-0.15, -0.1) is 0 Å². The number of carboxylic acids is 1. The van der Waals surface area contributed by atoms with Crippen molar-refractivity contribution in [3.63, 3.8) is 0 Å². The van der Waals surface area contributed by atoms with Crippen LogP contribution in [-0.4, -0.2) is 27.6 Å². The molecule has 29 heavy (non-hydrogen) atoms. The third kappa shape index (κ3) is 4.00. The average Bonchev–Trinajstić information content (AvgIpc) is 3.19. The Labute approximate surface area is 167 Å². The number of pyridine rings is 1. The summed E-state index contributed by atoms with van der Waals surface area (Å²) in [5.41, 5.74) is 9.56. The van der Waals surface area contributed by atoms with Gasteiger partial charge in [-0.3, -0.25) is 4.98 Å². The van der Waals surface area contributed by atoms with E-state index in [-0.39, 0.29) is 5.56 Å². The number of hydrogen-bond acceptors (Lipinski definition) is 5. The van der Waals surface area contributed by atoms with Gasteiger partial charge in [-0.25, -0.2) is 4.79 Å². The van der Waals surface area contributed by atoms with E-state index in [1.165, 1.54) is 6.26 Å². The normalized spacial score (nSPS) is 15.7. The molecule has 0 saturated carbocycles. The third-order valence-corrected chi connectivity index (χ3v) is 4.75. The molecule has 0 spiro atoms. The molecule has 7 heteroatoms. The predicted octanol–water partition coefficient (Wildman–Crippen LogP) is 3.74. The summed E-state index contributed by atoms with van der Waals surface area (Å²) in [5.74, 6) is 0.172. The molecule has 1 aliphatic carbocycles. The van der Waals surface area contributed by atoms with Crippen molar-refractivity contribution < 1.29 is 19.4 Å². The molecule has 4 N–H and O–H groups in total. The van der Waals surface area contributed by atoms with E-state index in [0.717, 1.165) is 24.0 Å². The number of nitrogens with one attached hydrogen (secondary N) is 1. The largest absolute Gasteiger partial charge is 0.478 e. The predicted molar refractivity (Wildman–Crippen MR) is 108 cm³/mol. The summed E-state index contributed by atoms with van der Waals surface area (Å²) in [6, 6.07) is 5.25. The van der Waals surface area contributed by atoms with E-state index in [1.54, 1.807) is 18.5 Å². The van der Waals surface area contributed by atoms with E-state index in [4.69, 9.17) is 15.2 Å². The molecule has 0 aromatic carbocycles. The van der Waals surface area contributed by atoms with Crippen LogP contribution in [0.15, 0.2) is 66.5 Å². The molecule has 0 unspecified atom stereocenters. The highest BCUT2D eigenvalue weighted by molar-refractivity contribution is 5.91. The quantitative estimate of drug-likeness (QED) is 0.692. The summed E-state index contributed by atoms with van der Waals surface area (Å²) in [7, 11) is 0. The minimum atomic E-state index is -0.985. The lowest BCUT2D eigenvalue weighted by molar-refractivity contribution is 0.0696. The Balaban J connectivity index is 1.60. The fourth-order valence-electron chi connectivity index (χ4n) is 3.30. The van der Waals surface area contributed by atoms with Crippen LogP contribution in [0.3, 0.4) is 0 Å². The number of aromatic nitrogens is 2. The molecule has 0 radical (unpaired) electrons. The van der Waals surface area contributed by atoms with E-state index >= 15 is 0 Å². The number of carboxylic acid groups (broad SMARTS) is 1. The fraction of sp³-hybridized carbons (Fsp3) is 0.182. The second-order valence-electron chi connectivity index (χ2n) is 6.71. The Morgan fingerprint density at radius 3 is 2.90 bits per heavy atom. The number of nitrogens with zero attached hydrogens (tertiary/aromatic N) is 1. The molecular formula is C22H21N3O4. The third-order valence-electron chi connectivity index (χ3n) is 4.75. The molecule has 0 saturated heterocycles. The summed E-state index contributed by atoms with van der Waals surface area (Å²) in [6.45, 7) is 0.361.